The molecule has 1 fully saturated rings. The summed E-state index contributed by atoms with van der Waals surface area (Å²) in [5.74, 6) is -0.396. The third kappa shape index (κ3) is 3.48. The van der Waals surface area contributed by atoms with Gasteiger partial charge in [-0.15, -0.1) is 0 Å². The predicted octanol–water partition coefficient (Wildman–Crippen LogP) is 4.14. The summed E-state index contributed by atoms with van der Waals surface area (Å²) in [5, 5.41) is 0.367. The summed E-state index contributed by atoms with van der Waals surface area (Å²) in [5.41, 5.74) is 0.390. The minimum Gasteiger partial charge on any atom is -0.334 e. The lowest BCUT2D eigenvalue weighted by Crippen LogP contribution is -2.42. The molecular formula is C14H16BrClFNO. The van der Waals surface area contributed by atoms with Crippen LogP contribution in [-0.2, 0) is 11.3 Å². The molecule has 0 spiro atoms. The molecule has 104 valence electrons. The maximum Gasteiger partial charge on any atom is 0.239 e. The molecule has 0 heterocycles. The second kappa shape index (κ2) is 5.41. The zero-order chi connectivity index (χ0) is 14.2. The maximum atomic E-state index is 13.8. The van der Waals surface area contributed by atoms with Crippen molar-refractivity contribution in [2.75, 3.05) is 0 Å². The van der Waals surface area contributed by atoms with Gasteiger partial charge in [-0.3, -0.25) is 4.79 Å². The van der Waals surface area contributed by atoms with Crippen LogP contribution < -0.4 is 0 Å². The zero-order valence-electron chi connectivity index (χ0n) is 10.9. The van der Waals surface area contributed by atoms with Gasteiger partial charge in [-0.2, -0.15) is 0 Å². The van der Waals surface area contributed by atoms with E-state index in [2.05, 4.69) is 15.9 Å². The highest BCUT2D eigenvalue weighted by molar-refractivity contribution is 9.10. The van der Waals surface area contributed by atoms with E-state index in [1.54, 1.807) is 30.9 Å². The van der Waals surface area contributed by atoms with Crippen LogP contribution in [0, 0.1) is 5.82 Å². The van der Waals surface area contributed by atoms with Gasteiger partial charge in [0, 0.05) is 16.6 Å². The van der Waals surface area contributed by atoms with Gasteiger partial charge in [0.05, 0.1) is 10.9 Å². The predicted molar refractivity (Wildman–Crippen MR) is 78.0 cm³/mol. The molecule has 1 aromatic rings. The monoisotopic (exact) mass is 347 g/mol. The molecular weight excluding hydrogens is 333 g/mol. The molecule has 2 rings (SSSR count). The van der Waals surface area contributed by atoms with E-state index < -0.39 is 4.32 Å². The Morgan fingerprint density at radius 3 is 2.63 bits per heavy atom. The van der Waals surface area contributed by atoms with E-state index >= 15 is 0 Å². The van der Waals surface area contributed by atoms with Crippen LogP contribution in [0.2, 0.25) is 5.02 Å². The van der Waals surface area contributed by atoms with Gasteiger partial charge in [0.2, 0.25) is 5.91 Å². The Hall–Kier alpha value is -0.610. The molecule has 5 heteroatoms. The Morgan fingerprint density at radius 1 is 1.53 bits per heavy atom. The van der Waals surface area contributed by atoms with Crippen LogP contribution in [0.3, 0.4) is 0 Å². The van der Waals surface area contributed by atoms with Crippen molar-refractivity contribution in [3.05, 3.63) is 34.6 Å². The van der Waals surface area contributed by atoms with Gasteiger partial charge in [0.25, 0.3) is 0 Å². The lowest BCUT2D eigenvalue weighted by atomic mass is 10.1. The van der Waals surface area contributed by atoms with Gasteiger partial charge in [-0.25, -0.2) is 4.39 Å². The van der Waals surface area contributed by atoms with Gasteiger partial charge in [-0.05, 0) is 38.8 Å². The van der Waals surface area contributed by atoms with E-state index in [0.717, 1.165) is 12.8 Å². The number of halogens is 3. The number of rotatable bonds is 4. The summed E-state index contributed by atoms with van der Waals surface area (Å²) in [7, 11) is 0. The molecule has 0 radical (unpaired) electrons. The lowest BCUT2D eigenvalue weighted by molar-refractivity contribution is -0.134. The Kier molecular flexibility index (Phi) is 4.21. The summed E-state index contributed by atoms with van der Waals surface area (Å²) in [6, 6.07) is 4.80. The Bertz CT molecular complexity index is 476. The van der Waals surface area contributed by atoms with Gasteiger partial charge in [0.15, 0.2) is 0 Å². The van der Waals surface area contributed by atoms with Crippen molar-refractivity contribution in [2.45, 2.75) is 43.6 Å². The van der Waals surface area contributed by atoms with Crippen molar-refractivity contribution >= 4 is 33.4 Å². The quantitative estimate of drug-likeness (QED) is 0.749. The van der Waals surface area contributed by atoms with Crippen LogP contribution >= 0.6 is 27.5 Å². The molecule has 1 saturated carbocycles. The highest BCUT2D eigenvalue weighted by Crippen LogP contribution is 2.34. The molecule has 0 unspecified atom stereocenters. The smallest absolute Gasteiger partial charge is 0.239 e. The molecule has 1 amide bonds. The molecule has 2 nitrogen and oxygen atoms in total. The first-order valence-electron chi connectivity index (χ1n) is 6.23. The van der Waals surface area contributed by atoms with Crippen molar-refractivity contribution in [3.8, 4) is 0 Å². The van der Waals surface area contributed by atoms with E-state index in [1.807, 2.05) is 0 Å². The highest BCUT2D eigenvalue weighted by atomic mass is 79.9. The SMILES string of the molecule is CC(C)(Br)C(=O)N(Cc1c(F)cccc1Cl)C1CC1. The Morgan fingerprint density at radius 2 is 2.16 bits per heavy atom. The van der Waals surface area contributed by atoms with Crippen molar-refractivity contribution in [2.24, 2.45) is 0 Å². The number of benzene rings is 1. The molecule has 0 bridgehead atoms. The molecule has 1 aliphatic rings. The summed E-state index contributed by atoms with van der Waals surface area (Å²) < 4.78 is 13.2. The number of hydrogen-bond donors (Lipinski definition) is 0. The number of hydrogen-bond acceptors (Lipinski definition) is 1. The zero-order valence-corrected chi connectivity index (χ0v) is 13.3. The van der Waals surface area contributed by atoms with Crippen LogP contribution in [0.15, 0.2) is 18.2 Å². The van der Waals surface area contributed by atoms with Crippen LogP contribution in [0.5, 0.6) is 0 Å². The van der Waals surface area contributed by atoms with E-state index in [1.165, 1.54) is 6.07 Å². The minimum atomic E-state index is -0.646. The fourth-order valence-electron chi connectivity index (χ4n) is 1.95. The van der Waals surface area contributed by atoms with E-state index in [0.29, 0.717) is 10.6 Å². The van der Waals surface area contributed by atoms with Crippen LogP contribution in [0.25, 0.3) is 0 Å². The van der Waals surface area contributed by atoms with Crippen molar-refractivity contribution < 1.29 is 9.18 Å². The second-order valence-electron chi connectivity index (χ2n) is 5.34. The van der Waals surface area contributed by atoms with E-state index in [9.17, 15) is 9.18 Å². The standard InChI is InChI=1S/C14H16BrClFNO/c1-14(2,15)13(19)18(9-6-7-9)8-10-11(16)4-3-5-12(10)17/h3-5,9H,6-8H2,1-2H3. The first-order valence-corrected chi connectivity index (χ1v) is 7.40. The topological polar surface area (TPSA) is 20.3 Å². The molecule has 0 saturated heterocycles. The fraction of sp³-hybridized carbons (Fsp3) is 0.500. The van der Waals surface area contributed by atoms with Gasteiger partial charge >= 0.3 is 0 Å². The number of carbonyl (C=O) groups is 1. The lowest BCUT2D eigenvalue weighted by Gasteiger charge is -2.29. The number of nitrogens with zero attached hydrogens (tertiary/aromatic N) is 1. The summed E-state index contributed by atoms with van der Waals surface area (Å²) in [6.45, 7) is 3.82. The van der Waals surface area contributed by atoms with Crippen LogP contribution in [0.1, 0.15) is 32.3 Å². The number of alkyl halides is 1. The van der Waals surface area contributed by atoms with Crippen molar-refractivity contribution in [1.29, 1.82) is 0 Å². The van der Waals surface area contributed by atoms with Crippen molar-refractivity contribution in [3.63, 3.8) is 0 Å². The van der Waals surface area contributed by atoms with Gasteiger partial charge in [0.1, 0.15) is 5.82 Å². The fourth-order valence-corrected chi connectivity index (χ4v) is 2.40. The number of carbonyl (C=O) groups excluding carboxylic acids is 1. The summed E-state index contributed by atoms with van der Waals surface area (Å²) in [6.07, 6.45) is 1.95. The van der Waals surface area contributed by atoms with E-state index in [-0.39, 0.29) is 24.3 Å². The normalized spacial score (nSPS) is 15.4. The largest absolute Gasteiger partial charge is 0.334 e. The minimum absolute atomic E-state index is 0.0330. The van der Waals surface area contributed by atoms with Crippen LogP contribution in [0.4, 0.5) is 4.39 Å². The molecule has 0 aromatic heterocycles. The highest BCUT2D eigenvalue weighted by Gasteiger charge is 2.38. The first kappa shape index (κ1) is 14.8. The van der Waals surface area contributed by atoms with Crippen LogP contribution in [-0.4, -0.2) is 21.2 Å². The second-order valence-corrected chi connectivity index (χ2v) is 7.73. The van der Waals surface area contributed by atoms with Gasteiger partial charge in [-0.1, -0.05) is 33.6 Å². The maximum absolute atomic E-state index is 13.8. The van der Waals surface area contributed by atoms with E-state index in [4.69, 9.17) is 11.6 Å². The van der Waals surface area contributed by atoms with Gasteiger partial charge < -0.3 is 4.90 Å². The number of amides is 1. The Labute approximate surface area is 126 Å². The molecule has 0 N–H and O–H groups in total. The van der Waals surface area contributed by atoms with Crippen molar-refractivity contribution in [1.82, 2.24) is 4.90 Å². The third-order valence-corrected chi connectivity index (χ3v) is 3.84. The average Bonchev–Trinajstić information content (AvgIpc) is 3.11. The average molecular weight is 349 g/mol. The molecule has 0 aliphatic heterocycles. The molecule has 19 heavy (non-hydrogen) atoms. The Balaban J connectivity index is 2.25. The first-order chi connectivity index (χ1) is 8.80. The molecule has 1 aliphatic carbocycles. The third-order valence-electron chi connectivity index (χ3n) is 3.15. The summed E-state index contributed by atoms with van der Waals surface area (Å²) in [4.78, 5) is 14.1. The molecule has 0 atom stereocenters. The summed E-state index contributed by atoms with van der Waals surface area (Å²) >= 11 is 9.40. The molecule has 1 aromatic carbocycles.